The Morgan fingerprint density at radius 1 is 1.26 bits per heavy atom. The number of phenolic OH excluding ortho intramolecular Hbond substituents is 1. The summed E-state index contributed by atoms with van der Waals surface area (Å²) in [4.78, 5) is 15.7. The van der Waals surface area contributed by atoms with Gasteiger partial charge in [-0.2, -0.15) is 0 Å². The fourth-order valence-corrected chi connectivity index (χ4v) is 7.60. The lowest BCUT2D eigenvalue weighted by Gasteiger charge is -2.64. The lowest BCUT2D eigenvalue weighted by Crippen LogP contribution is -2.78. The molecule has 2 bridgehead atoms. The summed E-state index contributed by atoms with van der Waals surface area (Å²) in [6.07, 6.45) is 6.52. The van der Waals surface area contributed by atoms with Gasteiger partial charge in [0.05, 0.1) is 29.2 Å². The van der Waals surface area contributed by atoms with Crippen LogP contribution in [0.5, 0.6) is 11.5 Å². The lowest BCUT2D eigenvalue weighted by atomic mass is 9.48. The smallest absolute Gasteiger partial charge is 0.230 e. The number of carbonyl (C=O) groups is 1. The highest BCUT2D eigenvalue weighted by molar-refractivity contribution is 5.85. The van der Waals surface area contributed by atoms with Crippen LogP contribution in [0.4, 0.5) is 0 Å². The molecule has 1 aromatic carbocycles. The van der Waals surface area contributed by atoms with Gasteiger partial charge >= 0.3 is 0 Å². The van der Waals surface area contributed by atoms with Crippen molar-refractivity contribution in [3.63, 3.8) is 0 Å². The van der Waals surface area contributed by atoms with Crippen molar-refractivity contribution in [2.24, 2.45) is 5.92 Å². The van der Waals surface area contributed by atoms with Crippen LogP contribution < -0.4 is 10.1 Å². The standard InChI is InChI=1S/C27H32N2O5.ClH/c1-15(20-3-2-12-33-20)25(31)28-18-8-9-27(32)21-13-17-6-7-19(30)23-22(17)26(27,24(18)34-23)10-11-29(21)14-16-4-5-16;/h2-3,6-7,12,15-16,18,21,24,30,32H,4-5,8-11,13-14H2,1H3,(H,28,31);1H/t15?,18-,21+,24-,26-,27+;/m0./s1. The summed E-state index contributed by atoms with van der Waals surface area (Å²) in [6, 6.07) is 7.12. The summed E-state index contributed by atoms with van der Waals surface area (Å²) in [5.74, 6) is 1.49. The normalized spacial score (nSPS) is 35.4. The quantitative estimate of drug-likeness (QED) is 0.583. The average molecular weight is 501 g/mol. The van der Waals surface area contributed by atoms with E-state index in [1.54, 1.807) is 18.4 Å². The molecule has 2 aliphatic heterocycles. The lowest BCUT2D eigenvalue weighted by molar-refractivity contribution is -0.192. The van der Waals surface area contributed by atoms with Crippen molar-refractivity contribution in [1.82, 2.24) is 10.2 Å². The third-order valence-electron chi connectivity index (χ3n) is 9.45. The average Bonchev–Trinajstić information content (AvgIpc) is 3.32. The highest BCUT2D eigenvalue weighted by Crippen LogP contribution is 2.65. The zero-order chi connectivity index (χ0) is 23.2. The fraction of sp³-hybridized carbons (Fsp3) is 0.593. The number of benzene rings is 1. The first-order valence-corrected chi connectivity index (χ1v) is 12.7. The molecular formula is C27H33ClN2O5. The van der Waals surface area contributed by atoms with E-state index in [4.69, 9.17) is 9.15 Å². The van der Waals surface area contributed by atoms with Gasteiger partial charge in [0.2, 0.25) is 5.91 Å². The Morgan fingerprint density at radius 3 is 2.83 bits per heavy atom. The zero-order valence-electron chi connectivity index (χ0n) is 19.9. The third-order valence-corrected chi connectivity index (χ3v) is 9.45. The second-order valence-electron chi connectivity index (χ2n) is 11.2. The number of aliphatic hydroxyl groups is 1. The van der Waals surface area contributed by atoms with E-state index in [-0.39, 0.29) is 36.1 Å². The predicted octanol–water partition coefficient (Wildman–Crippen LogP) is 3.26. The van der Waals surface area contributed by atoms with Gasteiger partial charge in [0.1, 0.15) is 11.9 Å². The molecule has 7 nitrogen and oxygen atoms in total. The molecule has 3 heterocycles. The molecule has 3 N–H and O–H groups in total. The summed E-state index contributed by atoms with van der Waals surface area (Å²) in [6.45, 7) is 3.80. The minimum Gasteiger partial charge on any atom is -0.504 e. The van der Waals surface area contributed by atoms with Gasteiger partial charge in [-0.05, 0) is 81.7 Å². The number of likely N-dealkylation sites (tertiary alicyclic amines) is 1. The van der Waals surface area contributed by atoms with Crippen LogP contribution in [0.1, 0.15) is 61.8 Å². The zero-order valence-corrected chi connectivity index (χ0v) is 20.7. The van der Waals surface area contributed by atoms with Gasteiger partial charge in [-0.25, -0.2) is 0 Å². The van der Waals surface area contributed by atoms with Gasteiger partial charge in [-0.3, -0.25) is 9.69 Å². The van der Waals surface area contributed by atoms with Crippen LogP contribution in [-0.4, -0.2) is 57.9 Å². The second-order valence-corrected chi connectivity index (χ2v) is 11.2. The van der Waals surface area contributed by atoms with Crippen LogP contribution in [0.15, 0.2) is 34.9 Å². The topological polar surface area (TPSA) is 95.2 Å². The number of rotatable bonds is 5. The Bertz CT molecular complexity index is 1150. The van der Waals surface area contributed by atoms with E-state index in [1.165, 1.54) is 18.4 Å². The van der Waals surface area contributed by atoms with Crippen LogP contribution in [0.25, 0.3) is 0 Å². The number of nitrogens with one attached hydrogen (secondary N) is 1. The number of nitrogens with zero attached hydrogens (tertiary/aromatic N) is 1. The number of amides is 1. The van der Waals surface area contributed by atoms with Crippen molar-refractivity contribution in [2.45, 2.75) is 80.6 Å². The molecule has 3 fully saturated rings. The van der Waals surface area contributed by atoms with Gasteiger partial charge in [-0.1, -0.05) is 6.07 Å². The largest absolute Gasteiger partial charge is 0.504 e. The maximum absolute atomic E-state index is 13.2. The van der Waals surface area contributed by atoms with E-state index in [2.05, 4.69) is 10.2 Å². The second kappa shape index (κ2) is 7.89. The molecule has 35 heavy (non-hydrogen) atoms. The summed E-state index contributed by atoms with van der Waals surface area (Å²) in [5, 5.41) is 26.5. The molecular weight excluding hydrogens is 468 g/mol. The molecule has 1 spiro atoms. The number of halogens is 1. The Morgan fingerprint density at radius 2 is 2.09 bits per heavy atom. The molecule has 8 heteroatoms. The summed E-state index contributed by atoms with van der Waals surface area (Å²) >= 11 is 0. The number of piperidine rings is 1. The first-order chi connectivity index (χ1) is 16.4. The van der Waals surface area contributed by atoms with Gasteiger partial charge in [-0.15, -0.1) is 12.4 Å². The monoisotopic (exact) mass is 500 g/mol. The van der Waals surface area contributed by atoms with Crippen LogP contribution in [0.3, 0.4) is 0 Å². The molecule has 5 aliphatic rings. The number of ether oxygens (including phenoxy) is 1. The number of hydrogen-bond acceptors (Lipinski definition) is 6. The van der Waals surface area contributed by atoms with E-state index < -0.39 is 23.0 Å². The van der Waals surface area contributed by atoms with E-state index in [0.717, 1.165) is 37.4 Å². The molecule has 1 saturated heterocycles. The van der Waals surface area contributed by atoms with Crippen molar-refractivity contribution >= 4 is 18.3 Å². The molecule has 6 atom stereocenters. The molecule has 2 aromatic rings. The van der Waals surface area contributed by atoms with Crippen molar-refractivity contribution < 1.29 is 24.2 Å². The van der Waals surface area contributed by atoms with Crippen molar-refractivity contribution in [3.8, 4) is 11.5 Å². The van der Waals surface area contributed by atoms with E-state index in [0.29, 0.717) is 24.4 Å². The molecule has 188 valence electrons. The number of hydrogen-bond donors (Lipinski definition) is 3. The molecule has 2 saturated carbocycles. The maximum atomic E-state index is 13.2. The Kier molecular flexibility index (Phi) is 5.23. The molecule has 1 aromatic heterocycles. The van der Waals surface area contributed by atoms with Gasteiger partial charge in [0, 0.05) is 18.2 Å². The number of phenols is 1. The predicted molar refractivity (Wildman–Crippen MR) is 131 cm³/mol. The highest BCUT2D eigenvalue weighted by Gasteiger charge is 2.73. The number of carbonyl (C=O) groups excluding carboxylic acids is 1. The van der Waals surface area contributed by atoms with Crippen LogP contribution in [0, 0.1) is 5.92 Å². The molecule has 1 amide bonds. The van der Waals surface area contributed by atoms with E-state index in [9.17, 15) is 15.0 Å². The highest BCUT2D eigenvalue weighted by atomic mass is 35.5. The van der Waals surface area contributed by atoms with Crippen LogP contribution >= 0.6 is 12.4 Å². The first-order valence-electron chi connectivity index (χ1n) is 12.7. The van der Waals surface area contributed by atoms with Gasteiger partial charge in [0.25, 0.3) is 0 Å². The van der Waals surface area contributed by atoms with Gasteiger partial charge < -0.3 is 24.7 Å². The number of furan rings is 1. The van der Waals surface area contributed by atoms with Crippen molar-refractivity contribution in [2.75, 3.05) is 13.1 Å². The summed E-state index contributed by atoms with van der Waals surface area (Å²) < 4.78 is 12.0. The molecule has 0 radical (unpaired) electrons. The minimum atomic E-state index is -0.940. The minimum absolute atomic E-state index is 0. The molecule has 1 unspecified atom stereocenters. The Hall–Kier alpha value is -2.22. The van der Waals surface area contributed by atoms with Crippen molar-refractivity contribution in [3.05, 3.63) is 47.4 Å². The maximum Gasteiger partial charge on any atom is 0.230 e. The SMILES string of the molecule is CC(C(=O)N[C@H]1CC[C@@]2(O)[C@H]3Cc4ccc(O)c5c4[C@@]2(CCN3CC2CC2)[C@H]1O5)c1ccco1.Cl. The summed E-state index contributed by atoms with van der Waals surface area (Å²) in [5.41, 5.74) is 0.593. The van der Waals surface area contributed by atoms with E-state index >= 15 is 0 Å². The summed E-state index contributed by atoms with van der Waals surface area (Å²) in [7, 11) is 0. The van der Waals surface area contributed by atoms with E-state index in [1.807, 2.05) is 19.1 Å². The number of aromatic hydroxyl groups is 1. The van der Waals surface area contributed by atoms with Crippen LogP contribution in [0.2, 0.25) is 0 Å². The van der Waals surface area contributed by atoms with Crippen LogP contribution in [-0.2, 0) is 16.6 Å². The molecule has 7 rings (SSSR count). The Labute approximate surface area is 211 Å². The van der Waals surface area contributed by atoms with Gasteiger partial charge in [0.15, 0.2) is 11.5 Å². The Balaban J connectivity index is 0.00000229. The first kappa shape index (κ1) is 23.2. The van der Waals surface area contributed by atoms with Crippen molar-refractivity contribution in [1.29, 1.82) is 0 Å². The third kappa shape index (κ3) is 3.07. The fourth-order valence-electron chi connectivity index (χ4n) is 7.60. The molecule has 3 aliphatic carbocycles.